The average Bonchev–Trinajstić information content (AvgIpc) is 2.68. The van der Waals surface area contributed by atoms with Crippen molar-refractivity contribution in [2.75, 3.05) is 6.54 Å². The molecule has 2 aliphatic rings. The Hall–Kier alpha value is -0.680. The molecular weight excluding hydrogens is 256 g/mol. The van der Waals surface area contributed by atoms with Crippen LogP contribution in [0, 0.1) is 15.6 Å². The van der Waals surface area contributed by atoms with Crippen molar-refractivity contribution in [1.82, 2.24) is 14.3 Å². The zero-order valence-electron chi connectivity index (χ0n) is 12.4. The first-order valence-electron chi connectivity index (χ1n) is 7.21. The van der Waals surface area contributed by atoms with Crippen molar-refractivity contribution in [1.29, 1.82) is 0 Å². The van der Waals surface area contributed by atoms with Crippen LogP contribution in [-0.4, -0.2) is 26.9 Å². The maximum absolute atomic E-state index is 5.40. The molecule has 0 amide bonds. The van der Waals surface area contributed by atoms with E-state index in [0.717, 1.165) is 17.5 Å². The largest absolute Gasteiger partial charge is 0.313 e. The molecule has 1 N–H and O–H groups in total. The van der Waals surface area contributed by atoms with Gasteiger partial charge < -0.3 is 9.47 Å². The molecule has 1 aliphatic heterocycles. The summed E-state index contributed by atoms with van der Waals surface area (Å²) in [6.07, 6.45) is 5.87. The SMILES string of the molecule is Cn1cnn(C[NH+]2C[C@]3(C)C[C@H]2CC(C)(C)C3)c1=S. The first kappa shape index (κ1) is 13.3. The van der Waals surface area contributed by atoms with Gasteiger partial charge in [-0.2, -0.15) is 9.78 Å². The zero-order valence-corrected chi connectivity index (χ0v) is 13.3. The fourth-order valence-corrected chi connectivity index (χ4v) is 4.81. The molecule has 5 heteroatoms. The maximum atomic E-state index is 5.40. The Kier molecular flexibility index (Phi) is 2.91. The molecule has 3 rings (SSSR count). The van der Waals surface area contributed by atoms with Gasteiger partial charge >= 0.3 is 0 Å². The third-order valence-corrected chi connectivity index (χ3v) is 5.41. The fraction of sp³-hybridized carbons (Fsp3) is 0.857. The third-order valence-electron chi connectivity index (χ3n) is 4.91. The fourth-order valence-electron chi connectivity index (χ4n) is 4.66. The van der Waals surface area contributed by atoms with E-state index < -0.39 is 0 Å². The van der Waals surface area contributed by atoms with Crippen LogP contribution in [0.3, 0.4) is 0 Å². The van der Waals surface area contributed by atoms with Gasteiger partial charge in [0.25, 0.3) is 0 Å². The van der Waals surface area contributed by atoms with Gasteiger partial charge in [-0.25, -0.2) is 0 Å². The lowest BCUT2D eigenvalue weighted by molar-refractivity contribution is -0.937. The van der Waals surface area contributed by atoms with Crippen LogP contribution in [0.2, 0.25) is 0 Å². The summed E-state index contributed by atoms with van der Waals surface area (Å²) in [4.78, 5) is 1.67. The predicted octanol–water partition coefficient (Wildman–Crippen LogP) is 1.39. The Morgan fingerprint density at radius 1 is 1.42 bits per heavy atom. The van der Waals surface area contributed by atoms with Gasteiger partial charge in [0, 0.05) is 25.3 Å². The number of fused-ring (bicyclic) bond motifs is 2. The van der Waals surface area contributed by atoms with Gasteiger partial charge in [-0.1, -0.05) is 20.8 Å². The zero-order chi connectivity index (χ0) is 13.8. The molecule has 4 nitrogen and oxygen atoms in total. The topological polar surface area (TPSA) is 27.2 Å². The van der Waals surface area contributed by atoms with Gasteiger partial charge in [0.05, 0.1) is 12.6 Å². The Labute approximate surface area is 120 Å². The van der Waals surface area contributed by atoms with Gasteiger partial charge in [-0.3, -0.25) is 0 Å². The second-order valence-corrected chi connectivity index (χ2v) is 8.14. The lowest BCUT2D eigenvalue weighted by Crippen LogP contribution is -3.13. The summed E-state index contributed by atoms with van der Waals surface area (Å²) in [6.45, 7) is 9.50. The van der Waals surface area contributed by atoms with E-state index in [0.29, 0.717) is 10.8 Å². The van der Waals surface area contributed by atoms with Gasteiger partial charge in [-0.05, 0) is 24.1 Å². The van der Waals surface area contributed by atoms with Crippen LogP contribution in [0.25, 0.3) is 0 Å². The molecule has 106 valence electrons. The number of nitrogens with one attached hydrogen (secondary N) is 1. The lowest BCUT2D eigenvalue weighted by Gasteiger charge is -2.37. The lowest BCUT2D eigenvalue weighted by atomic mass is 9.65. The summed E-state index contributed by atoms with van der Waals surface area (Å²) < 4.78 is 4.74. The van der Waals surface area contributed by atoms with E-state index in [9.17, 15) is 0 Å². The molecule has 1 unspecified atom stereocenters. The molecular formula is C14H25N4S+. The number of aryl methyl sites for hydroxylation is 1. The van der Waals surface area contributed by atoms with Crippen molar-refractivity contribution in [2.24, 2.45) is 17.9 Å². The molecule has 1 aromatic rings. The van der Waals surface area contributed by atoms with Gasteiger partial charge in [0.1, 0.15) is 6.33 Å². The summed E-state index contributed by atoms with van der Waals surface area (Å²) >= 11 is 5.40. The van der Waals surface area contributed by atoms with Crippen molar-refractivity contribution in [2.45, 2.75) is 52.7 Å². The number of hydrogen-bond acceptors (Lipinski definition) is 2. The summed E-state index contributed by atoms with van der Waals surface area (Å²) in [5.41, 5.74) is 1.00. The smallest absolute Gasteiger partial charge is 0.202 e. The summed E-state index contributed by atoms with van der Waals surface area (Å²) in [7, 11) is 1.97. The van der Waals surface area contributed by atoms with Gasteiger partial charge in [0.15, 0.2) is 6.67 Å². The standard InChI is InChI=1S/C14H24N4S/c1-13(2)5-11-6-14(3,7-13)8-17(11)10-18-12(19)16(4)9-15-18/h9,11H,5-8,10H2,1-4H3/p+1/t11-,14-/m1/s1. The summed E-state index contributed by atoms with van der Waals surface area (Å²) in [5.74, 6) is 0. The van der Waals surface area contributed by atoms with Crippen molar-refractivity contribution in [3.8, 4) is 0 Å². The first-order valence-corrected chi connectivity index (χ1v) is 7.62. The van der Waals surface area contributed by atoms with Crippen LogP contribution < -0.4 is 4.90 Å². The minimum atomic E-state index is 0.491. The molecule has 19 heavy (non-hydrogen) atoms. The summed E-state index contributed by atoms with van der Waals surface area (Å²) in [5, 5.41) is 4.41. The number of nitrogens with zero attached hydrogens (tertiary/aromatic N) is 3. The second-order valence-electron chi connectivity index (χ2n) is 7.77. The highest BCUT2D eigenvalue weighted by Gasteiger charge is 2.52. The molecule has 2 fully saturated rings. The minimum absolute atomic E-state index is 0.491. The number of aromatic nitrogens is 3. The number of rotatable bonds is 2. The molecule has 2 heterocycles. The van der Waals surface area contributed by atoms with Crippen LogP contribution in [-0.2, 0) is 13.7 Å². The van der Waals surface area contributed by atoms with E-state index in [1.165, 1.54) is 25.8 Å². The molecule has 1 saturated carbocycles. The highest BCUT2D eigenvalue weighted by molar-refractivity contribution is 7.71. The van der Waals surface area contributed by atoms with E-state index in [2.05, 4.69) is 25.9 Å². The first-order chi connectivity index (χ1) is 8.78. The Morgan fingerprint density at radius 3 is 2.79 bits per heavy atom. The van der Waals surface area contributed by atoms with Crippen LogP contribution in [0.5, 0.6) is 0 Å². The molecule has 0 spiro atoms. The van der Waals surface area contributed by atoms with E-state index >= 15 is 0 Å². The number of quaternary nitrogens is 1. The van der Waals surface area contributed by atoms with Crippen molar-refractivity contribution < 1.29 is 4.90 Å². The quantitative estimate of drug-likeness (QED) is 0.830. The predicted molar refractivity (Wildman–Crippen MR) is 77.4 cm³/mol. The van der Waals surface area contributed by atoms with Gasteiger partial charge in [-0.15, -0.1) is 0 Å². The van der Waals surface area contributed by atoms with Crippen LogP contribution in [0.4, 0.5) is 0 Å². The highest BCUT2D eigenvalue weighted by Crippen LogP contribution is 2.47. The normalized spacial score (nSPS) is 36.6. The molecule has 1 saturated heterocycles. The molecule has 0 aromatic carbocycles. The Bertz CT molecular complexity index is 544. The van der Waals surface area contributed by atoms with Crippen molar-refractivity contribution >= 4 is 12.2 Å². The third kappa shape index (κ3) is 2.38. The molecule has 1 aromatic heterocycles. The monoisotopic (exact) mass is 281 g/mol. The van der Waals surface area contributed by atoms with Gasteiger partial charge in [0.2, 0.25) is 4.77 Å². The van der Waals surface area contributed by atoms with Crippen LogP contribution >= 0.6 is 12.2 Å². The summed E-state index contributed by atoms with van der Waals surface area (Å²) in [6, 6.07) is 0.776. The highest BCUT2D eigenvalue weighted by atomic mass is 32.1. The average molecular weight is 281 g/mol. The Morgan fingerprint density at radius 2 is 2.16 bits per heavy atom. The second kappa shape index (κ2) is 4.16. The molecule has 3 atom stereocenters. The Balaban J connectivity index is 1.81. The van der Waals surface area contributed by atoms with Crippen molar-refractivity contribution in [3.05, 3.63) is 11.1 Å². The number of hydrogen-bond donors (Lipinski definition) is 1. The minimum Gasteiger partial charge on any atom is -0.313 e. The molecule has 1 aliphatic carbocycles. The molecule has 2 bridgehead atoms. The van der Waals surface area contributed by atoms with Crippen LogP contribution in [0.15, 0.2) is 6.33 Å². The van der Waals surface area contributed by atoms with E-state index in [4.69, 9.17) is 12.2 Å². The van der Waals surface area contributed by atoms with E-state index in [1.807, 2.05) is 22.6 Å². The maximum Gasteiger partial charge on any atom is 0.202 e. The number of likely N-dealkylation sites (tertiary alicyclic amines) is 1. The van der Waals surface area contributed by atoms with Crippen molar-refractivity contribution in [3.63, 3.8) is 0 Å². The van der Waals surface area contributed by atoms with E-state index in [-0.39, 0.29) is 0 Å². The van der Waals surface area contributed by atoms with Crippen LogP contribution in [0.1, 0.15) is 40.0 Å². The molecule has 0 radical (unpaired) electrons. The van der Waals surface area contributed by atoms with E-state index in [1.54, 1.807) is 4.90 Å².